The fourth-order valence-corrected chi connectivity index (χ4v) is 2.79. The Kier molecular flexibility index (Phi) is 3.07. The van der Waals surface area contributed by atoms with Crippen LogP contribution in [0.1, 0.15) is 46.0 Å². The molecule has 0 bridgehead atoms. The highest BCUT2D eigenvalue weighted by Crippen LogP contribution is 2.56. The molecule has 86 valence electrons. The largest absolute Gasteiger partial charge is 0.481 e. The maximum absolute atomic E-state index is 11.1. The molecule has 1 aliphatic rings. The van der Waals surface area contributed by atoms with Gasteiger partial charge < -0.3 is 10.2 Å². The van der Waals surface area contributed by atoms with Gasteiger partial charge in [0.25, 0.3) is 0 Å². The number of carbonyl (C=O) groups is 2. The van der Waals surface area contributed by atoms with Crippen LogP contribution in [0, 0.1) is 10.8 Å². The summed E-state index contributed by atoms with van der Waals surface area (Å²) in [5, 5.41) is 17.6. The molecule has 0 radical (unpaired) electrons. The van der Waals surface area contributed by atoms with Gasteiger partial charge in [0.05, 0.1) is 5.41 Å². The summed E-state index contributed by atoms with van der Waals surface area (Å²) in [7, 11) is 0. The first-order chi connectivity index (χ1) is 6.77. The van der Waals surface area contributed by atoms with Crippen molar-refractivity contribution in [3.63, 3.8) is 0 Å². The van der Waals surface area contributed by atoms with Gasteiger partial charge in [0.2, 0.25) is 0 Å². The predicted octanol–water partition coefficient (Wildman–Crippen LogP) is 2.13. The first kappa shape index (κ1) is 12.0. The maximum Gasteiger partial charge on any atom is 0.309 e. The summed E-state index contributed by atoms with van der Waals surface area (Å²) in [4.78, 5) is 21.5. The van der Waals surface area contributed by atoms with Crippen molar-refractivity contribution < 1.29 is 19.8 Å². The van der Waals surface area contributed by atoms with Crippen molar-refractivity contribution in [2.45, 2.75) is 46.0 Å². The fourth-order valence-electron chi connectivity index (χ4n) is 2.79. The molecule has 0 unspecified atom stereocenters. The van der Waals surface area contributed by atoms with E-state index in [1.807, 2.05) is 13.8 Å². The maximum atomic E-state index is 11.1. The molecular weight excluding hydrogens is 196 g/mol. The normalized spacial score (nSPS) is 21.7. The molecule has 0 amide bonds. The topological polar surface area (TPSA) is 74.6 Å². The average molecular weight is 214 g/mol. The van der Waals surface area contributed by atoms with Crippen LogP contribution in [0.3, 0.4) is 0 Å². The summed E-state index contributed by atoms with van der Waals surface area (Å²) in [6.07, 6.45) is 2.33. The van der Waals surface area contributed by atoms with Gasteiger partial charge in [0.15, 0.2) is 0 Å². The Morgan fingerprint density at radius 1 is 1.20 bits per heavy atom. The Morgan fingerprint density at radius 2 is 1.73 bits per heavy atom. The molecule has 2 N–H and O–H groups in total. The van der Waals surface area contributed by atoms with Gasteiger partial charge in [-0.05, 0) is 31.1 Å². The van der Waals surface area contributed by atoms with Crippen LogP contribution >= 0.6 is 0 Å². The monoisotopic (exact) mass is 214 g/mol. The van der Waals surface area contributed by atoms with Gasteiger partial charge >= 0.3 is 11.9 Å². The zero-order valence-corrected chi connectivity index (χ0v) is 9.25. The van der Waals surface area contributed by atoms with E-state index in [1.165, 1.54) is 0 Å². The molecule has 0 aromatic carbocycles. The first-order valence-electron chi connectivity index (χ1n) is 5.23. The van der Waals surface area contributed by atoms with Crippen LogP contribution in [-0.2, 0) is 9.59 Å². The zero-order chi connectivity index (χ0) is 11.7. The lowest BCUT2D eigenvalue weighted by molar-refractivity contribution is -0.165. The molecule has 4 nitrogen and oxygen atoms in total. The molecule has 0 atom stereocenters. The van der Waals surface area contributed by atoms with Crippen molar-refractivity contribution in [2.75, 3.05) is 0 Å². The van der Waals surface area contributed by atoms with Crippen molar-refractivity contribution in [1.82, 2.24) is 0 Å². The predicted molar refractivity (Wildman–Crippen MR) is 54.6 cm³/mol. The van der Waals surface area contributed by atoms with Gasteiger partial charge in [0.1, 0.15) is 0 Å². The van der Waals surface area contributed by atoms with Crippen LogP contribution in [0.4, 0.5) is 0 Å². The minimum absolute atomic E-state index is 0.0649. The van der Waals surface area contributed by atoms with Crippen LogP contribution in [0.25, 0.3) is 0 Å². The third-order valence-corrected chi connectivity index (χ3v) is 3.13. The van der Waals surface area contributed by atoms with E-state index in [4.69, 9.17) is 10.2 Å². The second-order valence-corrected chi connectivity index (χ2v) is 5.35. The Hall–Kier alpha value is -1.06. The molecule has 0 saturated heterocycles. The van der Waals surface area contributed by atoms with Gasteiger partial charge in [-0.25, -0.2) is 0 Å². The summed E-state index contributed by atoms with van der Waals surface area (Å²) in [5.41, 5.74) is -0.555. The molecule has 1 rings (SSSR count). The van der Waals surface area contributed by atoms with Crippen molar-refractivity contribution in [1.29, 1.82) is 0 Å². The minimum atomic E-state index is -0.853. The van der Waals surface area contributed by atoms with Crippen LogP contribution in [0.5, 0.6) is 0 Å². The molecule has 0 aliphatic heterocycles. The smallest absolute Gasteiger partial charge is 0.309 e. The van der Waals surface area contributed by atoms with Crippen LogP contribution < -0.4 is 0 Å². The van der Waals surface area contributed by atoms with Gasteiger partial charge in [-0.2, -0.15) is 0 Å². The van der Waals surface area contributed by atoms with Gasteiger partial charge in [-0.1, -0.05) is 13.8 Å². The number of hydrogen-bond donors (Lipinski definition) is 2. The molecule has 1 fully saturated rings. The summed E-state index contributed by atoms with van der Waals surface area (Å²) >= 11 is 0. The van der Waals surface area contributed by atoms with E-state index in [9.17, 15) is 9.59 Å². The zero-order valence-electron chi connectivity index (χ0n) is 9.25. The highest BCUT2D eigenvalue weighted by Gasteiger charge is 2.53. The molecule has 0 heterocycles. The summed E-state index contributed by atoms with van der Waals surface area (Å²) in [6.45, 7) is 4.09. The van der Waals surface area contributed by atoms with E-state index in [-0.39, 0.29) is 11.8 Å². The molecule has 1 saturated carbocycles. The Balaban J connectivity index is 2.48. The van der Waals surface area contributed by atoms with Crippen molar-refractivity contribution >= 4 is 11.9 Å². The van der Waals surface area contributed by atoms with Crippen LogP contribution in [-0.4, -0.2) is 22.2 Å². The van der Waals surface area contributed by atoms with E-state index in [1.54, 1.807) is 0 Å². The Labute approximate surface area is 89.3 Å². The third kappa shape index (κ3) is 2.70. The standard InChI is InChI=1S/C11H18O4/c1-10(2)6-11(7-10,9(14)15)5-3-4-8(12)13/h3-7H2,1-2H3,(H,12,13)(H,14,15). The lowest BCUT2D eigenvalue weighted by Crippen LogP contribution is -2.48. The lowest BCUT2D eigenvalue weighted by atomic mass is 9.53. The average Bonchev–Trinajstić information content (AvgIpc) is 1.98. The van der Waals surface area contributed by atoms with Gasteiger partial charge in [0, 0.05) is 6.42 Å². The van der Waals surface area contributed by atoms with Crippen molar-refractivity contribution in [2.24, 2.45) is 10.8 Å². The van der Waals surface area contributed by atoms with Crippen LogP contribution in [0.15, 0.2) is 0 Å². The number of aliphatic carboxylic acids is 2. The SMILES string of the molecule is CC1(C)CC(CCCC(=O)O)(C(=O)O)C1. The number of rotatable bonds is 5. The molecule has 0 spiro atoms. The number of hydrogen-bond acceptors (Lipinski definition) is 2. The summed E-state index contributed by atoms with van der Waals surface area (Å²) < 4.78 is 0. The number of carboxylic acid groups (broad SMARTS) is 2. The molecule has 0 aromatic heterocycles. The Bertz CT molecular complexity index is 272. The third-order valence-electron chi connectivity index (χ3n) is 3.13. The van der Waals surface area contributed by atoms with Crippen LogP contribution in [0.2, 0.25) is 0 Å². The van der Waals surface area contributed by atoms with E-state index in [0.717, 1.165) is 0 Å². The van der Waals surface area contributed by atoms with E-state index in [2.05, 4.69) is 0 Å². The lowest BCUT2D eigenvalue weighted by Gasteiger charge is -2.50. The highest BCUT2D eigenvalue weighted by molar-refractivity contribution is 5.76. The second-order valence-electron chi connectivity index (χ2n) is 5.35. The molecule has 4 heteroatoms. The highest BCUT2D eigenvalue weighted by atomic mass is 16.4. The summed E-state index contributed by atoms with van der Waals surface area (Å²) in [6, 6.07) is 0. The van der Waals surface area contributed by atoms with Crippen molar-refractivity contribution in [3.8, 4) is 0 Å². The van der Waals surface area contributed by atoms with E-state index in [0.29, 0.717) is 25.7 Å². The van der Waals surface area contributed by atoms with Gasteiger partial charge in [-0.15, -0.1) is 0 Å². The fraction of sp³-hybridized carbons (Fsp3) is 0.818. The molecule has 1 aliphatic carbocycles. The Morgan fingerprint density at radius 3 is 2.07 bits per heavy atom. The molecular formula is C11H18O4. The van der Waals surface area contributed by atoms with Gasteiger partial charge in [-0.3, -0.25) is 9.59 Å². The van der Waals surface area contributed by atoms with E-state index >= 15 is 0 Å². The quantitative estimate of drug-likeness (QED) is 0.735. The van der Waals surface area contributed by atoms with E-state index < -0.39 is 17.4 Å². The second kappa shape index (κ2) is 3.83. The molecule has 0 aromatic rings. The van der Waals surface area contributed by atoms with Crippen molar-refractivity contribution in [3.05, 3.63) is 0 Å². The minimum Gasteiger partial charge on any atom is -0.481 e. The number of carboxylic acids is 2. The molecule has 15 heavy (non-hydrogen) atoms. The first-order valence-corrected chi connectivity index (χ1v) is 5.23. The summed E-state index contributed by atoms with van der Waals surface area (Å²) in [5.74, 6) is -1.62.